The van der Waals surface area contributed by atoms with Crippen LogP contribution in [0.4, 0.5) is 0 Å². The van der Waals surface area contributed by atoms with Gasteiger partial charge in [-0.25, -0.2) is 4.79 Å². The predicted molar refractivity (Wildman–Crippen MR) is 175 cm³/mol. The van der Waals surface area contributed by atoms with Crippen molar-refractivity contribution in [3.8, 4) is 33.4 Å². The lowest BCUT2D eigenvalue weighted by Crippen LogP contribution is -2.28. The number of nitrogens with zero attached hydrogens (tertiary/aromatic N) is 2. The fourth-order valence-electron chi connectivity index (χ4n) is 5.80. The summed E-state index contributed by atoms with van der Waals surface area (Å²) in [5, 5.41) is 18.5. The first-order valence-corrected chi connectivity index (χ1v) is 14.6. The number of hydrogen-bond donors (Lipinski definition) is 1. The van der Waals surface area contributed by atoms with Crippen LogP contribution < -0.4 is 0 Å². The largest absolute Gasteiger partial charge is 0.479 e. The van der Waals surface area contributed by atoms with Crippen LogP contribution in [0.3, 0.4) is 0 Å². The number of halogens is 1. The van der Waals surface area contributed by atoms with Crippen molar-refractivity contribution >= 4 is 39.2 Å². The van der Waals surface area contributed by atoms with E-state index in [0.29, 0.717) is 10.6 Å². The number of fused-ring (bicyclic) bond motifs is 2. The summed E-state index contributed by atoms with van der Waals surface area (Å²) in [5.74, 6) is -1.03. The second-order valence-corrected chi connectivity index (χ2v) is 12.4. The number of aryl methyl sites for hydroxylation is 2. The number of carbonyl (C=O) groups is 1. The lowest BCUT2D eigenvalue weighted by Gasteiger charge is -2.28. The molecule has 0 saturated heterocycles. The molecule has 0 fully saturated rings. The van der Waals surface area contributed by atoms with Crippen LogP contribution in [0.15, 0.2) is 97.2 Å². The highest BCUT2D eigenvalue weighted by molar-refractivity contribution is 6.30. The summed E-state index contributed by atoms with van der Waals surface area (Å²) >= 11 is 6.27. The maximum atomic E-state index is 12.7. The second-order valence-electron chi connectivity index (χ2n) is 12.0. The van der Waals surface area contributed by atoms with Gasteiger partial charge in [0.2, 0.25) is 0 Å². The zero-order valence-corrected chi connectivity index (χ0v) is 25.6. The van der Waals surface area contributed by atoms with Crippen molar-refractivity contribution in [3.05, 3.63) is 113 Å². The van der Waals surface area contributed by atoms with Crippen LogP contribution in [0.5, 0.6) is 0 Å². The van der Waals surface area contributed by atoms with Gasteiger partial charge in [-0.05, 0) is 114 Å². The first kappa shape index (κ1) is 28.7. The minimum absolute atomic E-state index is 0.616. The third-order valence-corrected chi connectivity index (χ3v) is 8.01. The van der Waals surface area contributed by atoms with E-state index < -0.39 is 17.7 Å². The van der Waals surface area contributed by atoms with Crippen molar-refractivity contribution in [1.82, 2.24) is 9.78 Å². The third kappa shape index (κ3) is 5.66. The summed E-state index contributed by atoms with van der Waals surface area (Å²) in [5.41, 5.74) is 7.97. The van der Waals surface area contributed by atoms with Crippen molar-refractivity contribution in [1.29, 1.82) is 0 Å². The molecule has 0 bridgehead atoms. The normalized spacial score (nSPS) is 12.6. The Kier molecular flexibility index (Phi) is 7.33. The molecular formula is C37H33ClN2O3. The molecule has 43 heavy (non-hydrogen) atoms. The third-order valence-electron chi connectivity index (χ3n) is 7.76. The van der Waals surface area contributed by atoms with E-state index >= 15 is 0 Å². The number of rotatable bonds is 6. The van der Waals surface area contributed by atoms with Crippen LogP contribution in [0.2, 0.25) is 5.02 Å². The molecule has 6 heteroatoms. The molecule has 5 aromatic carbocycles. The van der Waals surface area contributed by atoms with Crippen LogP contribution >= 0.6 is 11.6 Å². The van der Waals surface area contributed by atoms with E-state index in [4.69, 9.17) is 16.3 Å². The number of ether oxygens (including phenoxy) is 1. The van der Waals surface area contributed by atoms with Crippen molar-refractivity contribution in [3.63, 3.8) is 0 Å². The van der Waals surface area contributed by atoms with E-state index in [1.807, 2.05) is 69.9 Å². The molecule has 5 nitrogen and oxygen atoms in total. The molecule has 0 aliphatic rings. The Morgan fingerprint density at radius 2 is 1.47 bits per heavy atom. The fraction of sp³-hybridized carbons (Fsp3) is 0.189. The van der Waals surface area contributed by atoms with Crippen molar-refractivity contribution in [2.24, 2.45) is 7.05 Å². The van der Waals surface area contributed by atoms with E-state index in [9.17, 15) is 9.90 Å². The van der Waals surface area contributed by atoms with Crippen molar-refractivity contribution < 1.29 is 14.6 Å². The first-order chi connectivity index (χ1) is 20.5. The minimum Gasteiger partial charge on any atom is -0.479 e. The summed E-state index contributed by atoms with van der Waals surface area (Å²) < 4.78 is 8.06. The molecule has 1 heterocycles. The van der Waals surface area contributed by atoms with Crippen molar-refractivity contribution in [2.45, 2.75) is 39.4 Å². The smallest absolute Gasteiger partial charge is 0.337 e. The van der Waals surface area contributed by atoms with Gasteiger partial charge in [0.15, 0.2) is 6.10 Å². The highest BCUT2D eigenvalue weighted by Gasteiger charge is 2.31. The van der Waals surface area contributed by atoms with Gasteiger partial charge in [-0.2, -0.15) is 5.10 Å². The lowest BCUT2D eigenvalue weighted by atomic mass is 9.86. The number of carboxylic acids is 1. The Hall–Kier alpha value is -4.45. The molecule has 6 aromatic rings. The minimum atomic E-state index is -1.15. The Labute approximate surface area is 256 Å². The van der Waals surface area contributed by atoms with E-state index in [1.165, 1.54) is 0 Å². The summed E-state index contributed by atoms with van der Waals surface area (Å²) in [4.78, 5) is 12.7. The SMILES string of the molecule is Cc1cc2ccc(-c3cccc(-c4ccc5c(cnn5C)c4)c3)cc2c(-c2ccc(Cl)cc2)c1C(OC(C)(C)C)C(=O)O. The quantitative estimate of drug-likeness (QED) is 0.210. The molecule has 0 saturated carbocycles. The summed E-state index contributed by atoms with van der Waals surface area (Å²) in [6, 6.07) is 30.9. The first-order valence-electron chi connectivity index (χ1n) is 14.2. The van der Waals surface area contributed by atoms with Gasteiger partial charge in [-0.15, -0.1) is 0 Å². The average Bonchev–Trinajstić information content (AvgIpc) is 3.35. The molecule has 216 valence electrons. The van der Waals surface area contributed by atoms with Crippen molar-refractivity contribution in [2.75, 3.05) is 0 Å². The molecule has 1 unspecified atom stereocenters. The molecule has 6 rings (SSSR count). The molecule has 0 aliphatic carbocycles. The maximum absolute atomic E-state index is 12.7. The summed E-state index contributed by atoms with van der Waals surface area (Å²) in [6.45, 7) is 7.57. The highest BCUT2D eigenvalue weighted by atomic mass is 35.5. The zero-order chi connectivity index (χ0) is 30.5. The molecule has 0 aliphatic heterocycles. The Morgan fingerprint density at radius 1 is 0.837 bits per heavy atom. The Bertz CT molecular complexity index is 2000. The maximum Gasteiger partial charge on any atom is 0.337 e. The standard InChI is InChI=1S/C37H33ClN2O3/c1-22-17-28-10-9-27(25-8-6-7-24(18-25)26-13-16-32-29(19-26)21-39-40(32)5)20-31(28)34(23-11-14-30(38)15-12-23)33(22)35(36(41)42)43-37(2,3)4/h6-21,35H,1-5H3,(H,41,42). The average molecular weight is 589 g/mol. The molecular weight excluding hydrogens is 556 g/mol. The van der Waals surface area contributed by atoms with Gasteiger partial charge in [0.1, 0.15) is 0 Å². The van der Waals surface area contributed by atoms with Gasteiger partial charge in [0.05, 0.1) is 17.3 Å². The highest BCUT2D eigenvalue weighted by Crippen LogP contribution is 2.42. The second kappa shape index (κ2) is 11.0. The van der Waals surface area contributed by atoms with Gasteiger partial charge in [0.25, 0.3) is 0 Å². The summed E-state index contributed by atoms with van der Waals surface area (Å²) in [7, 11) is 1.95. The molecule has 0 spiro atoms. The van der Waals surface area contributed by atoms with Gasteiger partial charge in [-0.1, -0.05) is 66.2 Å². The Morgan fingerprint density at radius 3 is 2.14 bits per heavy atom. The summed E-state index contributed by atoms with van der Waals surface area (Å²) in [6.07, 6.45) is 0.738. The monoisotopic (exact) mass is 588 g/mol. The number of benzene rings is 5. The van der Waals surface area contributed by atoms with Crippen LogP contribution in [0.1, 0.15) is 38.0 Å². The fourth-order valence-corrected chi connectivity index (χ4v) is 5.93. The van der Waals surface area contributed by atoms with Gasteiger partial charge in [0, 0.05) is 23.0 Å². The van der Waals surface area contributed by atoms with Gasteiger partial charge in [-0.3, -0.25) is 4.68 Å². The molecule has 1 atom stereocenters. The lowest BCUT2D eigenvalue weighted by molar-refractivity contribution is -0.160. The number of carboxylic acid groups (broad SMARTS) is 1. The Balaban J connectivity index is 1.55. The molecule has 0 amide bonds. The van der Waals surface area contributed by atoms with Crippen LogP contribution in [0, 0.1) is 6.92 Å². The van der Waals surface area contributed by atoms with Crippen LogP contribution in [0.25, 0.3) is 55.1 Å². The molecule has 0 radical (unpaired) electrons. The van der Waals surface area contributed by atoms with Gasteiger partial charge >= 0.3 is 5.97 Å². The molecule has 1 aromatic heterocycles. The molecule has 1 N–H and O–H groups in total. The van der Waals surface area contributed by atoms with E-state index in [2.05, 4.69) is 71.8 Å². The number of hydrogen-bond acceptors (Lipinski definition) is 3. The van der Waals surface area contributed by atoms with Crippen LogP contribution in [-0.4, -0.2) is 26.5 Å². The number of aliphatic carboxylic acids is 1. The zero-order valence-electron chi connectivity index (χ0n) is 24.9. The van der Waals surface area contributed by atoms with E-state index in [0.717, 1.165) is 60.6 Å². The van der Waals surface area contributed by atoms with E-state index in [-0.39, 0.29) is 0 Å². The van der Waals surface area contributed by atoms with Gasteiger partial charge < -0.3 is 9.84 Å². The predicted octanol–water partition coefficient (Wildman–Crippen LogP) is 9.63. The number of aromatic nitrogens is 2. The van der Waals surface area contributed by atoms with E-state index in [1.54, 1.807) is 0 Å². The van der Waals surface area contributed by atoms with Crippen LogP contribution in [-0.2, 0) is 16.6 Å². The topological polar surface area (TPSA) is 64.4 Å².